The number of hydrogen-bond acceptors (Lipinski definition) is 7. The van der Waals surface area contributed by atoms with E-state index < -0.39 is 0 Å². The lowest BCUT2D eigenvalue weighted by Gasteiger charge is -2.29. The van der Waals surface area contributed by atoms with Crippen LogP contribution >= 0.6 is 11.3 Å². The normalized spacial score (nSPS) is 22.7. The number of nitrogens with zero attached hydrogens (tertiary/aromatic N) is 5. The summed E-state index contributed by atoms with van der Waals surface area (Å²) in [5.41, 5.74) is 1.97. The molecule has 5 rings (SSSR count). The van der Waals surface area contributed by atoms with Gasteiger partial charge < -0.3 is 15.1 Å². The van der Waals surface area contributed by atoms with E-state index in [1.165, 1.54) is 24.2 Å². The summed E-state index contributed by atoms with van der Waals surface area (Å²) in [5, 5.41) is 4.40. The second-order valence-corrected chi connectivity index (χ2v) is 9.96. The van der Waals surface area contributed by atoms with Crippen molar-refractivity contribution in [3.63, 3.8) is 0 Å². The molecule has 7 nitrogen and oxygen atoms in total. The Morgan fingerprint density at radius 2 is 1.90 bits per heavy atom. The van der Waals surface area contributed by atoms with Crippen LogP contribution < -0.4 is 20.7 Å². The van der Waals surface area contributed by atoms with Gasteiger partial charge in [-0.15, -0.1) is 11.3 Å². The lowest BCUT2D eigenvalue weighted by Crippen LogP contribution is -2.43. The minimum atomic E-state index is 0.0935. The third-order valence-corrected chi connectivity index (χ3v) is 7.70. The SMILES string of the molecule is CC1CCC(n2cnc3c(sc4nc(N5CCNCC5)cc(N(C)C)c43)c2=O)CC1. The molecule has 0 unspecified atom stereocenters. The number of nitrogens with one attached hydrogen (secondary N) is 1. The van der Waals surface area contributed by atoms with Gasteiger partial charge in [0.25, 0.3) is 5.56 Å². The summed E-state index contributed by atoms with van der Waals surface area (Å²) >= 11 is 1.50. The van der Waals surface area contributed by atoms with Gasteiger partial charge in [-0.1, -0.05) is 6.92 Å². The van der Waals surface area contributed by atoms with E-state index in [4.69, 9.17) is 9.97 Å². The minimum absolute atomic E-state index is 0.0935. The van der Waals surface area contributed by atoms with Crippen molar-refractivity contribution in [1.29, 1.82) is 0 Å². The number of anilines is 2. The molecule has 1 N–H and O–H groups in total. The van der Waals surface area contributed by atoms with E-state index in [1.54, 1.807) is 6.33 Å². The smallest absolute Gasteiger partial charge is 0.271 e. The number of fused-ring (bicyclic) bond motifs is 3. The Bertz CT molecular complexity index is 1120. The van der Waals surface area contributed by atoms with Crippen molar-refractivity contribution in [1.82, 2.24) is 19.9 Å². The van der Waals surface area contributed by atoms with Gasteiger partial charge in [0.1, 0.15) is 15.3 Å². The van der Waals surface area contributed by atoms with Crippen molar-refractivity contribution in [2.45, 2.75) is 38.6 Å². The molecule has 2 fully saturated rings. The number of pyridine rings is 1. The van der Waals surface area contributed by atoms with Gasteiger partial charge in [0.15, 0.2) is 0 Å². The molecule has 160 valence electrons. The van der Waals surface area contributed by atoms with Gasteiger partial charge in [0.2, 0.25) is 0 Å². The molecule has 0 spiro atoms. The summed E-state index contributed by atoms with van der Waals surface area (Å²) < 4.78 is 2.62. The van der Waals surface area contributed by atoms with Crippen LogP contribution in [0.15, 0.2) is 17.2 Å². The van der Waals surface area contributed by atoms with E-state index in [0.717, 1.165) is 76.9 Å². The highest BCUT2D eigenvalue weighted by molar-refractivity contribution is 7.25. The number of thiophene rings is 1. The predicted octanol–water partition coefficient (Wildman–Crippen LogP) is 3.23. The first-order chi connectivity index (χ1) is 14.5. The third kappa shape index (κ3) is 3.36. The largest absolute Gasteiger partial charge is 0.377 e. The van der Waals surface area contributed by atoms with Gasteiger partial charge in [0, 0.05) is 52.4 Å². The highest BCUT2D eigenvalue weighted by atomic mass is 32.1. The topological polar surface area (TPSA) is 66.3 Å². The summed E-state index contributed by atoms with van der Waals surface area (Å²) in [7, 11) is 4.09. The zero-order valence-corrected chi connectivity index (χ0v) is 18.8. The summed E-state index contributed by atoms with van der Waals surface area (Å²) in [5.74, 6) is 1.74. The number of aromatic nitrogens is 3. The highest BCUT2D eigenvalue weighted by Crippen LogP contribution is 2.39. The van der Waals surface area contributed by atoms with Crippen LogP contribution in [0.5, 0.6) is 0 Å². The van der Waals surface area contributed by atoms with E-state index in [1.807, 2.05) is 18.7 Å². The Morgan fingerprint density at radius 1 is 1.17 bits per heavy atom. The van der Waals surface area contributed by atoms with Crippen molar-refractivity contribution >= 4 is 43.3 Å². The van der Waals surface area contributed by atoms with Gasteiger partial charge >= 0.3 is 0 Å². The van der Waals surface area contributed by atoms with Crippen molar-refractivity contribution in [2.24, 2.45) is 5.92 Å². The maximum absolute atomic E-state index is 13.4. The first-order valence-corrected chi connectivity index (χ1v) is 11.8. The van der Waals surface area contributed by atoms with E-state index in [2.05, 4.69) is 28.1 Å². The van der Waals surface area contributed by atoms with Crippen LogP contribution in [0.1, 0.15) is 38.6 Å². The lowest BCUT2D eigenvalue weighted by atomic mass is 9.87. The van der Waals surface area contributed by atoms with E-state index in [0.29, 0.717) is 0 Å². The first kappa shape index (κ1) is 19.8. The van der Waals surface area contributed by atoms with Gasteiger partial charge in [-0.3, -0.25) is 9.36 Å². The van der Waals surface area contributed by atoms with Crippen LogP contribution in [0.4, 0.5) is 11.5 Å². The van der Waals surface area contributed by atoms with Crippen molar-refractivity contribution in [3.05, 3.63) is 22.7 Å². The molecule has 30 heavy (non-hydrogen) atoms. The zero-order valence-electron chi connectivity index (χ0n) is 18.0. The Kier molecular flexibility index (Phi) is 5.14. The second kappa shape index (κ2) is 7.81. The molecule has 1 saturated carbocycles. The molecule has 1 aliphatic heterocycles. The Morgan fingerprint density at radius 3 is 2.60 bits per heavy atom. The Hall–Kier alpha value is -2.19. The molecule has 0 bridgehead atoms. The number of piperazine rings is 1. The zero-order chi connectivity index (χ0) is 20.8. The fourth-order valence-corrected chi connectivity index (χ4v) is 5.88. The van der Waals surface area contributed by atoms with Crippen molar-refractivity contribution in [2.75, 3.05) is 50.1 Å². The Balaban J connectivity index is 1.65. The molecule has 3 aromatic heterocycles. The number of hydrogen-bond donors (Lipinski definition) is 1. The molecule has 2 aliphatic rings. The standard InChI is InChI=1S/C22H30N6OS/c1-14-4-6-15(7-5-14)28-13-24-19-18-16(26(2)3)12-17(27-10-8-23-9-11-27)25-21(18)30-20(19)22(28)29/h12-15,23H,4-11H2,1-3H3. The molecule has 3 aromatic rings. The van der Waals surface area contributed by atoms with Gasteiger partial charge in [-0.25, -0.2) is 9.97 Å². The maximum atomic E-state index is 13.4. The monoisotopic (exact) mass is 426 g/mol. The quantitative estimate of drug-likeness (QED) is 0.694. The molecule has 4 heterocycles. The third-order valence-electron chi connectivity index (χ3n) is 6.64. The maximum Gasteiger partial charge on any atom is 0.271 e. The molecular weight excluding hydrogens is 396 g/mol. The van der Waals surface area contributed by atoms with Crippen LogP contribution in [0.3, 0.4) is 0 Å². The molecule has 0 amide bonds. The average molecular weight is 427 g/mol. The molecule has 0 radical (unpaired) electrons. The molecule has 1 saturated heterocycles. The van der Waals surface area contributed by atoms with Crippen molar-refractivity contribution < 1.29 is 0 Å². The summed E-state index contributed by atoms with van der Waals surface area (Å²) in [6.07, 6.45) is 6.27. The molecule has 8 heteroatoms. The Labute approximate surface area is 180 Å². The van der Waals surface area contributed by atoms with Gasteiger partial charge in [-0.2, -0.15) is 0 Å². The fraction of sp³-hybridized carbons (Fsp3) is 0.591. The van der Waals surface area contributed by atoms with Gasteiger partial charge in [-0.05, 0) is 31.6 Å². The van der Waals surface area contributed by atoms with Crippen LogP contribution in [-0.4, -0.2) is 54.8 Å². The van der Waals surface area contributed by atoms with E-state index in [-0.39, 0.29) is 11.6 Å². The molecule has 1 aliphatic carbocycles. The highest BCUT2D eigenvalue weighted by Gasteiger charge is 2.24. The first-order valence-electron chi connectivity index (χ1n) is 11.0. The molecular formula is C22H30N6OS. The van der Waals surface area contributed by atoms with Crippen LogP contribution in [0, 0.1) is 5.92 Å². The summed E-state index contributed by atoms with van der Waals surface area (Å²) in [6, 6.07) is 2.42. The van der Waals surface area contributed by atoms with Gasteiger partial charge in [0.05, 0.1) is 22.9 Å². The number of rotatable bonds is 3. The summed E-state index contributed by atoms with van der Waals surface area (Å²) in [6.45, 7) is 6.13. The van der Waals surface area contributed by atoms with E-state index in [9.17, 15) is 4.79 Å². The van der Waals surface area contributed by atoms with E-state index >= 15 is 0 Å². The summed E-state index contributed by atoms with van der Waals surface area (Å²) in [4.78, 5) is 28.5. The van der Waals surface area contributed by atoms with Crippen molar-refractivity contribution in [3.8, 4) is 0 Å². The fourth-order valence-electron chi connectivity index (χ4n) is 4.80. The van der Waals surface area contributed by atoms with Crippen LogP contribution in [-0.2, 0) is 0 Å². The van der Waals surface area contributed by atoms with Crippen LogP contribution in [0.25, 0.3) is 20.4 Å². The predicted molar refractivity (Wildman–Crippen MR) is 125 cm³/mol. The molecule has 0 aromatic carbocycles. The second-order valence-electron chi connectivity index (χ2n) is 8.96. The average Bonchev–Trinajstić information content (AvgIpc) is 3.14. The molecule has 0 atom stereocenters. The lowest BCUT2D eigenvalue weighted by molar-refractivity contribution is 0.284. The minimum Gasteiger partial charge on any atom is -0.377 e. The van der Waals surface area contributed by atoms with Crippen LogP contribution in [0.2, 0.25) is 0 Å².